The quantitative estimate of drug-likeness (QED) is 0.404. The first-order valence-corrected chi connectivity index (χ1v) is 13.9. The van der Waals surface area contributed by atoms with Gasteiger partial charge in [0, 0.05) is 20.1 Å². The molecule has 3 aromatic rings. The lowest BCUT2D eigenvalue weighted by Gasteiger charge is -2.28. The Bertz CT molecular complexity index is 1320. The van der Waals surface area contributed by atoms with E-state index in [9.17, 15) is 14.4 Å². The van der Waals surface area contributed by atoms with Crippen molar-refractivity contribution in [1.82, 2.24) is 26.4 Å². The molecule has 0 fully saturated rings. The van der Waals surface area contributed by atoms with Gasteiger partial charge in [-0.25, -0.2) is 9.80 Å². The first-order chi connectivity index (χ1) is 19.3. The summed E-state index contributed by atoms with van der Waals surface area (Å²) in [5.74, 6) is -0.168. The summed E-state index contributed by atoms with van der Waals surface area (Å²) in [5, 5.41) is 12.4. The lowest BCUT2D eigenvalue weighted by atomic mass is 9.97. The van der Waals surface area contributed by atoms with Crippen molar-refractivity contribution in [3.05, 3.63) is 77.9 Å². The number of aryl methyl sites for hydroxylation is 1. The molecule has 2 atom stereocenters. The second-order valence-electron chi connectivity index (χ2n) is 10.4. The van der Waals surface area contributed by atoms with Crippen molar-refractivity contribution in [2.24, 2.45) is 5.92 Å². The van der Waals surface area contributed by atoms with E-state index in [0.717, 1.165) is 39.1 Å². The molecule has 212 valence electrons. The zero-order chi connectivity index (χ0) is 28.5. The SMILES string of the molecule is CC(C)[C@H]1NC(=O)[C@@H](Cc2cccc3ccccc23)NCCOc2ccccc2CCCNC(=O)N(C)NC1=O. The Kier molecular flexibility index (Phi) is 9.96. The molecule has 40 heavy (non-hydrogen) atoms. The molecule has 0 spiro atoms. The van der Waals surface area contributed by atoms with Crippen LogP contribution in [0.5, 0.6) is 5.75 Å². The number of rotatable bonds is 3. The summed E-state index contributed by atoms with van der Waals surface area (Å²) < 4.78 is 6.10. The third-order valence-corrected chi connectivity index (χ3v) is 7.07. The van der Waals surface area contributed by atoms with E-state index in [-0.39, 0.29) is 11.8 Å². The van der Waals surface area contributed by atoms with Gasteiger partial charge in [-0.15, -0.1) is 0 Å². The summed E-state index contributed by atoms with van der Waals surface area (Å²) in [6.07, 6.45) is 1.87. The number of carbonyl (C=O) groups is 3. The van der Waals surface area contributed by atoms with E-state index >= 15 is 0 Å². The van der Waals surface area contributed by atoms with Crippen molar-refractivity contribution in [2.45, 2.75) is 45.2 Å². The van der Waals surface area contributed by atoms with Gasteiger partial charge < -0.3 is 20.7 Å². The molecule has 1 aliphatic rings. The number of hydrogen-bond donors (Lipinski definition) is 4. The van der Waals surface area contributed by atoms with Crippen LogP contribution in [0.1, 0.15) is 31.4 Å². The monoisotopic (exact) mass is 545 g/mol. The molecule has 4 rings (SSSR count). The summed E-state index contributed by atoms with van der Waals surface area (Å²) in [6, 6.07) is 20.1. The maximum Gasteiger partial charge on any atom is 0.335 e. The van der Waals surface area contributed by atoms with Crippen molar-refractivity contribution in [2.75, 3.05) is 26.7 Å². The highest BCUT2D eigenvalue weighted by Crippen LogP contribution is 2.21. The predicted molar refractivity (Wildman–Crippen MR) is 156 cm³/mol. The molecule has 9 nitrogen and oxygen atoms in total. The Morgan fingerprint density at radius 1 is 0.925 bits per heavy atom. The fraction of sp³-hybridized carbons (Fsp3) is 0.387. The van der Waals surface area contributed by atoms with Gasteiger partial charge in [-0.05, 0) is 53.1 Å². The average molecular weight is 546 g/mol. The van der Waals surface area contributed by atoms with Crippen LogP contribution in [-0.4, -0.2) is 61.7 Å². The number of amides is 4. The van der Waals surface area contributed by atoms with Crippen LogP contribution in [0.3, 0.4) is 0 Å². The van der Waals surface area contributed by atoms with Gasteiger partial charge in [-0.2, -0.15) is 0 Å². The lowest BCUT2D eigenvalue weighted by molar-refractivity contribution is -0.133. The lowest BCUT2D eigenvalue weighted by Crippen LogP contribution is -2.59. The third-order valence-electron chi connectivity index (χ3n) is 7.07. The molecule has 4 amide bonds. The molecular formula is C31H39N5O4. The molecular weight excluding hydrogens is 506 g/mol. The highest BCUT2D eigenvalue weighted by atomic mass is 16.5. The number of nitrogens with zero attached hydrogens (tertiary/aromatic N) is 1. The molecule has 4 N–H and O–H groups in total. The van der Waals surface area contributed by atoms with Crippen LogP contribution < -0.4 is 26.1 Å². The maximum absolute atomic E-state index is 13.7. The van der Waals surface area contributed by atoms with E-state index in [1.54, 1.807) is 0 Å². The first kappa shape index (κ1) is 28.9. The summed E-state index contributed by atoms with van der Waals surface area (Å²) in [4.78, 5) is 39.4. The molecule has 0 aromatic heterocycles. The van der Waals surface area contributed by atoms with Crippen molar-refractivity contribution in [3.63, 3.8) is 0 Å². The van der Waals surface area contributed by atoms with Crippen molar-refractivity contribution >= 4 is 28.6 Å². The van der Waals surface area contributed by atoms with E-state index < -0.39 is 24.0 Å². The van der Waals surface area contributed by atoms with Gasteiger partial charge in [0.1, 0.15) is 18.4 Å². The maximum atomic E-state index is 13.7. The zero-order valence-electron chi connectivity index (χ0n) is 23.4. The summed E-state index contributed by atoms with van der Waals surface area (Å²) in [5.41, 5.74) is 4.69. The highest BCUT2D eigenvalue weighted by Gasteiger charge is 2.29. The standard InChI is InChI=1S/C31H39N5O4/c1-21(2)28-30(38)35-36(3)31(39)33-17-9-14-23-11-5-7-16-27(23)40-19-18-32-26(29(37)34-28)20-24-13-8-12-22-10-4-6-15-25(22)24/h4-8,10-13,15-16,21,26,28,32H,9,14,17-20H2,1-3H3,(H,33,39)(H,34,37)(H,35,38)/t26-,28-/m1/s1. The number of hydrazine groups is 1. The fourth-order valence-electron chi connectivity index (χ4n) is 4.86. The molecule has 0 unspecified atom stereocenters. The van der Waals surface area contributed by atoms with Crippen LogP contribution in [-0.2, 0) is 22.4 Å². The minimum Gasteiger partial charge on any atom is -0.492 e. The number of para-hydroxylation sites is 1. The number of fused-ring (bicyclic) bond motifs is 2. The van der Waals surface area contributed by atoms with Gasteiger partial charge in [0.15, 0.2) is 0 Å². The number of ether oxygens (including phenoxy) is 1. The topological polar surface area (TPSA) is 112 Å². The van der Waals surface area contributed by atoms with E-state index in [2.05, 4.69) is 27.4 Å². The average Bonchev–Trinajstić information content (AvgIpc) is 2.95. The normalized spacial score (nSPS) is 20.0. The zero-order valence-corrected chi connectivity index (χ0v) is 23.4. The molecule has 1 aliphatic heterocycles. The number of hydrogen-bond acceptors (Lipinski definition) is 5. The van der Waals surface area contributed by atoms with E-state index in [1.807, 2.05) is 74.5 Å². The Labute approximate surface area is 235 Å². The summed E-state index contributed by atoms with van der Waals surface area (Å²) >= 11 is 0. The van der Waals surface area contributed by atoms with Crippen LogP contribution in [0, 0.1) is 5.92 Å². The largest absolute Gasteiger partial charge is 0.492 e. The smallest absolute Gasteiger partial charge is 0.335 e. The molecule has 0 saturated carbocycles. The Hall–Kier alpha value is -4.11. The fourth-order valence-corrected chi connectivity index (χ4v) is 4.86. The summed E-state index contributed by atoms with van der Waals surface area (Å²) in [6.45, 7) is 4.96. The highest BCUT2D eigenvalue weighted by molar-refractivity contribution is 5.92. The first-order valence-electron chi connectivity index (χ1n) is 13.9. The number of urea groups is 1. The van der Waals surface area contributed by atoms with Crippen LogP contribution in [0.2, 0.25) is 0 Å². The second kappa shape index (κ2) is 13.8. The Balaban J connectivity index is 1.59. The van der Waals surface area contributed by atoms with Crippen LogP contribution in [0.15, 0.2) is 66.7 Å². The Morgan fingerprint density at radius 2 is 1.68 bits per heavy atom. The number of nitrogens with one attached hydrogen (secondary N) is 4. The van der Waals surface area contributed by atoms with Gasteiger partial charge in [0.2, 0.25) is 5.91 Å². The van der Waals surface area contributed by atoms with E-state index in [4.69, 9.17) is 4.74 Å². The third kappa shape index (κ3) is 7.51. The Morgan fingerprint density at radius 3 is 2.50 bits per heavy atom. The number of carbonyl (C=O) groups excluding carboxylic acids is 3. The van der Waals surface area contributed by atoms with Crippen molar-refractivity contribution < 1.29 is 19.1 Å². The second-order valence-corrected chi connectivity index (χ2v) is 10.4. The van der Waals surface area contributed by atoms with Gasteiger partial charge in [0.25, 0.3) is 5.91 Å². The summed E-state index contributed by atoms with van der Waals surface area (Å²) in [7, 11) is 1.48. The molecule has 3 aromatic carbocycles. The van der Waals surface area contributed by atoms with Crippen LogP contribution in [0.25, 0.3) is 10.8 Å². The number of benzene rings is 3. The van der Waals surface area contributed by atoms with Gasteiger partial charge in [0.05, 0.1) is 6.04 Å². The van der Waals surface area contributed by atoms with E-state index in [1.165, 1.54) is 7.05 Å². The van der Waals surface area contributed by atoms with Gasteiger partial charge in [-0.1, -0.05) is 74.5 Å². The van der Waals surface area contributed by atoms with Crippen LogP contribution >= 0.6 is 0 Å². The van der Waals surface area contributed by atoms with E-state index in [0.29, 0.717) is 32.5 Å². The minimum absolute atomic E-state index is 0.205. The molecule has 0 bridgehead atoms. The molecule has 0 saturated heterocycles. The van der Waals surface area contributed by atoms with Gasteiger partial charge >= 0.3 is 6.03 Å². The molecule has 0 aliphatic carbocycles. The van der Waals surface area contributed by atoms with Crippen molar-refractivity contribution in [1.29, 1.82) is 0 Å². The minimum atomic E-state index is -0.832. The van der Waals surface area contributed by atoms with Crippen molar-refractivity contribution in [3.8, 4) is 5.75 Å². The molecule has 1 heterocycles. The van der Waals surface area contributed by atoms with Crippen LogP contribution in [0.4, 0.5) is 4.79 Å². The molecule has 9 heteroatoms. The van der Waals surface area contributed by atoms with Gasteiger partial charge in [-0.3, -0.25) is 15.0 Å². The predicted octanol–water partition coefficient (Wildman–Crippen LogP) is 3.18. The molecule has 0 radical (unpaired) electrons.